The normalized spacial score (nSPS) is 12.9. The molecule has 0 bridgehead atoms. The van der Waals surface area contributed by atoms with Gasteiger partial charge in [-0.15, -0.1) is 11.3 Å². The third-order valence-corrected chi connectivity index (χ3v) is 4.43. The Kier molecular flexibility index (Phi) is 5.37. The highest BCUT2D eigenvalue weighted by atomic mass is 32.1. The maximum atomic E-state index is 12.1. The van der Waals surface area contributed by atoms with Gasteiger partial charge in [0.1, 0.15) is 6.54 Å². The van der Waals surface area contributed by atoms with Crippen LogP contribution in [0, 0.1) is 0 Å². The van der Waals surface area contributed by atoms with E-state index in [0.29, 0.717) is 6.54 Å². The van der Waals surface area contributed by atoms with E-state index in [4.69, 9.17) is 0 Å². The zero-order valence-corrected chi connectivity index (χ0v) is 14.6. The van der Waals surface area contributed by atoms with Crippen LogP contribution in [-0.2, 0) is 16.8 Å². The molecule has 4 heteroatoms. The summed E-state index contributed by atoms with van der Waals surface area (Å²) in [6.07, 6.45) is 0. The molecule has 2 N–H and O–H groups in total. The van der Waals surface area contributed by atoms with Gasteiger partial charge in [-0.3, -0.25) is 4.79 Å². The summed E-state index contributed by atoms with van der Waals surface area (Å²) in [7, 11) is 2.04. The first-order valence-electron chi connectivity index (χ1n) is 7.58. The van der Waals surface area contributed by atoms with E-state index < -0.39 is 0 Å². The second-order valence-electron chi connectivity index (χ2n) is 6.77. The van der Waals surface area contributed by atoms with Crippen molar-refractivity contribution in [2.75, 3.05) is 18.9 Å². The summed E-state index contributed by atoms with van der Waals surface area (Å²) >= 11 is 1.73. The number of nitrogens with one attached hydrogen (secondary N) is 2. The zero-order valence-electron chi connectivity index (χ0n) is 13.8. The first-order valence-corrected chi connectivity index (χ1v) is 8.46. The minimum absolute atomic E-state index is 0.0533. The van der Waals surface area contributed by atoms with Crippen LogP contribution >= 0.6 is 11.3 Å². The van der Waals surface area contributed by atoms with E-state index in [1.54, 1.807) is 11.3 Å². The summed E-state index contributed by atoms with van der Waals surface area (Å²) in [5, 5.41) is 5.04. The number of anilines is 1. The Bertz CT molecular complexity index is 597. The number of likely N-dealkylation sites (N-methyl/N-ethyl adjacent to an activating group) is 1. The van der Waals surface area contributed by atoms with Gasteiger partial charge in [0.15, 0.2) is 6.54 Å². The number of hydrogen-bond acceptors (Lipinski definition) is 2. The molecule has 118 valence electrons. The molecular formula is C18H25N2OS+. The van der Waals surface area contributed by atoms with Crippen LogP contribution < -0.4 is 10.2 Å². The van der Waals surface area contributed by atoms with Crippen LogP contribution in [0.15, 0.2) is 41.8 Å². The van der Waals surface area contributed by atoms with Gasteiger partial charge in [-0.05, 0) is 34.6 Å². The zero-order chi connectivity index (χ0) is 16.2. The summed E-state index contributed by atoms with van der Waals surface area (Å²) in [5.41, 5.74) is 2.26. The van der Waals surface area contributed by atoms with Gasteiger partial charge >= 0.3 is 0 Å². The third-order valence-electron chi connectivity index (χ3n) is 3.55. The second kappa shape index (κ2) is 7.07. The molecule has 1 aromatic carbocycles. The van der Waals surface area contributed by atoms with Crippen LogP contribution in [-0.4, -0.2) is 19.5 Å². The van der Waals surface area contributed by atoms with E-state index in [1.807, 2.05) is 25.2 Å². The minimum Gasteiger partial charge on any atom is -0.325 e. The van der Waals surface area contributed by atoms with Gasteiger partial charge in [0.2, 0.25) is 0 Å². The van der Waals surface area contributed by atoms with Crippen LogP contribution in [0.2, 0.25) is 0 Å². The number of amides is 1. The standard InChI is InChI=1S/C18H24N2OS/c1-18(2,3)14-7-9-15(10-8-14)19-17(21)13-20(4)12-16-6-5-11-22-16/h5-11H,12-13H2,1-4H3,(H,19,21)/p+1. The molecule has 1 amide bonds. The van der Waals surface area contributed by atoms with Crippen molar-refractivity contribution in [2.45, 2.75) is 32.7 Å². The lowest BCUT2D eigenvalue weighted by Crippen LogP contribution is -3.08. The van der Waals surface area contributed by atoms with E-state index in [2.05, 4.69) is 49.7 Å². The van der Waals surface area contributed by atoms with Crippen molar-refractivity contribution in [3.63, 3.8) is 0 Å². The fourth-order valence-electron chi connectivity index (χ4n) is 2.31. The summed E-state index contributed by atoms with van der Waals surface area (Å²) in [6, 6.07) is 12.3. The maximum absolute atomic E-state index is 12.1. The fraction of sp³-hybridized carbons (Fsp3) is 0.389. The lowest BCUT2D eigenvalue weighted by Gasteiger charge is -2.19. The predicted octanol–water partition coefficient (Wildman–Crippen LogP) is 2.70. The average molecular weight is 317 g/mol. The second-order valence-corrected chi connectivity index (χ2v) is 7.80. The van der Waals surface area contributed by atoms with Crippen LogP contribution in [0.5, 0.6) is 0 Å². The molecule has 0 saturated carbocycles. The Morgan fingerprint density at radius 1 is 1.18 bits per heavy atom. The molecule has 1 aromatic heterocycles. The van der Waals surface area contributed by atoms with E-state index in [0.717, 1.165) is 12.2 Å². The largest absolute Gasteiger partial charge is 0.325 e. The Morgan fingerprint density at radius 3 is 2.41 bits per heavy atom. The first kappa shape index (κ1) is 16.7. The molecule has 0 fully saturated rings. The molecule has 2 rings (SSSR count). The van der Waals surface area contributed by atoms with E-state index in [9.17, 15) is 4.79 Å². The van der Waals surface area contributed by atoms with Gasteiger partial charge in [-0.1, -0.05) is 39.0 Å². The topological polar surface area (TPSA) is 33.5 Å². The molecule has 0 saturated heterocycles. The van der Waals surface area contributed by atoms with Crippen LogP contribution in [0.4, 0.5) is 5.69 Å². The molecule has 0 spiro atoms. The Labute approximate surface area is 137 Å². The lowest BCUT2D eigenvalue weighted by atomic mass is 9.87. The highest BCUT2D eigenvalue weighted by Gasteiger charge is 2.14. The van der Waals surface area contributed by atoms with Crippen molar-refractivity contribution in [1.29, 1.82) is 0 Å². The number of benzene rings is 1. The average Bonchev–Trinajstić information content (AvgIpc) is 2.90. The number of hydrogen-bond donors (Lipinski definition) is 2. The number of quaternary nitrogens is 1. The molecule has 0 aliphatic rings. The third kappa shape index (κ3) is 4.97. The van der Waals surface area contributed by atoms with Gasteiger partial charge in [-0.25, -0.2) is 0 Å². The first-order chi connectivity index (χ1) is 10.3. The molecule has 0 aliphatic carbocycles. The van der Waals surface area contributed by atoms with Gasteiger partial charge in [-0.2, -0.15) is 0 Å². The van der Waals surface area contributed by atoms with Gasteiger partial charge < -0.3 is 10.2 Å². The van der Waals surface area contributed by atoms with Crippen molar-refractivity contribution in [2.24, 2.45) is 0 Å². The molecule has 0 radical (unpaired) electrons. The number of rotatable bonds is 5. The van der Waals surface area contributed by atoms with Crippen LogP contribution in [0.1, 0.15) is 31.2 Å². The highest BCUT2D eigenvalue weighted by molar-refractivity contribution is 7.09. The summed E-state index contributed by atoms with van der Waals surface area (Å²) in [4.78, 5) is 14.6. The molecule has 1 atom stereocenters. The molecule has 1 heterocycles. The van der Waals surface area contributed by atoms with E-state index in [1.165, 1.54) is 15.3 Å². The van der Waals surface area contributed by atoms with Crippen LogP contribution in [0.3, 0.4) is 0 Å². The summed E-state index contributed by atoms with van der Waals surface area (Å²) < 4.78 is 0. The molecule has 0 aliphatic heterocycles. The van der Waals surface area contributed by atoms with E-state index >= 15 is 0 Å². The van der Waals surface area contributed by atoms with Crippen molar-refractivity contribution in [3.05, 3.63) is 52.2 Å². The monoisotopic (exact) mass is 317 g/mol. The maximum Gasteiger partial charge on any atom is 0.279 e. The Balaban J connectivity index is 1.86. The van der Waals surface area contributed by atoms with Gasteiger partial charge in [0.25, 0.3) is 5.91 Å². The van der Waals surface area contributed by atoms with Crippen molar-refractivity contribution in [3.8, 4) is 0 Å². The molecule has 2 aromatic rings. The van der Waals surface area contributed by atoms with Crippen molar-refractivity contribution >= 4 is 22.9 Å². The molecule has 1 unspecified atom stereocenters. The molecule has 22 heavy (non-hydrogen) atoms. The predicted molar refractivity (Wildman–Crippen MR) is 93.5 cm³/mol. The molecule has 3 nitrogen and oxygen atoms in total. The Hall–Kier alpha value is -1.65. The number of carbonyl (C=O) groups excluding carboxylic acids is 1. The van der Waals surface area contributed by atoms with Gasteiger partial charge in [0, 0.05) is 5.69 Å². The molecular weight excluding hydrogens is 292 g/mol. The minimum atomic E-state index is 0.0533. The Morgan fingerprint density at radius 2 is 1.86 bits per heavy atom. The quantitative estimate of drug-likeness (QED) is 0.873. The van der Waals surface area contributed by atoms with Gasteiger partial charge in [0.05, 0.1) is 11.9 Å². The van der Waals surface area contributed by atoms with Crippen molar-refractivity contribution in [1.82, 2.24) is 0 Å². The smallest absolute Gasteiger partial charge is 0.279 e. The van der Waals surface area contributed by atoms with E-state index in [-0.39, 0.29) is 11.3 Å². The highest BCUT2D eigenvalue weighted by Crippen LogP contribution is 2.23. The summed E-state index contributed by atoms with van der Waals surface area (Å²) in [5.74, 6) is 0.0533. The number of carbonyl (C=O) groups is 1. The lowest BCUT2D eigenvalue weighted by molar-refractivity contribution is -0.884. The number of thiophene rings is 1. The SMILES string of the molecule is C[NH+](CC(=O)Nc1ccc(C(C)(C)C)cc1)Cc1cccs1. The fourth-order valence-corrected chi connectivity index (χ4v) is 3.12. The van der Waals surface area contributed by atoms with Crippen LogP contribution in [0.25, 0.3) is 0 Å². The summed E-state index contributed by atoms with van der Waals surface area (Å²) in [6.45, 7) is 7.91. The van der Waals surface area contributed by atoms with Crippen molar-refractivity contribution < 1.29 is 9.69 Å².